The van der Waals surface area contributed by atoms with Gasteiger partial charge < -0.3 is 0 Å². The number of fused-ring (bicyclic) bond motifs is 1. The summed E-state index contributed by atoms with van der Waals surface area (Å²) in [5.74, 6) is 0.103. The first kappa shape index (κ1) is 15.1. The van der Waals surface area contributed by atoms with Gasteiger partial charge in [-0.1, -0.05) is 67.6 Å². The molecule has 0 fully saturated rings. The molecule has 2 aromatic carbocycles. The molecule has 0 unspecified atom stereocenters. The first-order valence-corrected chi connectivity index (χ1v) is 7.93. The van der Waals surface area contributed by atoms with E-state index in [0.29, 0.717) is 12.0 Å². The third kappa shape index (κ3) is 2.33. The van der Waals surface area contributed by atoms with Crippen LogP contribution in [0.5, 0.6) is 0 Å². The second kappa shape index (κ2) is 6.11. The molecule has 0 bridgehead atoms. The van der Waals surface area contributed by atoms with Crippen LogP contribution < -0.4 is 0 Å². The molecule has 0 saturated carbocycles. The average molecular weight is 298 g/mol. The van der Waals surface area contributed by atoms with E-state index in [2.05, 4.69) is 31.2 Å². The lowest BCUT2D eigenvalue weighted by molar-refractivity contribution is 0.423. The van der Waals surface area contributed by atoms with Gasteiger partial charge in [0, 0.05) is 5.92 Å². The second-order valence-corrected chi connectivity index (χ2v) is 5.93. The fourth-order valence-corrected chi connectivity index (χ4v) is 3.76. The minimum atomic E-state index is -0.618. The lowest BCUT2D eigenvalue weighted by Gasteiger charge is -2.38. The summed E-state index contributed by atoms with van der Waals surface area (Å²) in [7, 11) is 0. The summed E-state index contributed by atoms with van der Waals surface area (Å²) in [6.07, 6.45) is 3.38. The molecular weight excluding hydrogens is 280 g/mol. The number of allylic oxidation sites excluding steroid dienone is 2. The van der Waals surface area contributed by atoms with Gasteiger partial charge in [0.15, 0.2) is 0 Å². The maximum absolute atomic E-state index is 10.1. The molecule has 1 aliphatic carbocycles. The van der Waals surface area contributed by atoms with Gasteiger partial charge in [0.25, 0.3) is 0 Å². The summed E-state index contributed by atoms with van der Waals surface area (Å²) in [6.45, 7) is 2.13. The minimum absolute atomic E-state index is 0.103. The fourth-order valence-electron chi connectivity index (χ4n) is 3.76. The highest BCUT2D eigenvalue weighted by atomic mass is 14.5. The zero-order chi connectivity index (χ0) is 16.3. The molecule has 0 amide bonds. The van der Waals surface area contributed by atoms with Crippen molar-refractivity contribution in [2.75, 3.05) is 0 Å². The van der Waals surface area contributed by atoms with Gasteiger partial charge in [-0.15, -0.1) is 0 Å². The maximum atomic E-state index is 10.1. The SMILES string of the molecule is CC[C@@H](c1ccccc1)[C@]1(C#N)CC=C(C#N)c2ccccc21. The highest BCUT2D eigenvalue weighted by molar-refractivity contribution is 5.82. The van der Waals surface area contributed by atoms with Crippen molar-refractivity contribution in [1.82, 2.24) is 0 Å². The first-order valence-electron chi connectivity index (χ1n) is 7.93. The van der Waals surface area contributed by atoms with Gasteiger partial charge in [-0.3, -0.25) is 0 Å². The van der Waals surface area contributed by atoms with Crippen LogP contribution >= 0.6 is 0 Å². The Bertz CT molecular complexity index is 821. The van der Waals surface area contributed by atoms with Crippen molar-refractivity contribution in [2.24, 2.45) is 0 Å². The standard InChI is InChI=1S/C21H18N2/c1-2-19(16-8-4-3-5-9-16)21(15-23)13-12-17(14-22)18-10-6-7-11-20(18)21/h3-12,19H,2,13H2,1H3/t19-,21+/m0/s1. The van der Waals surface area contributed by atoms with Crippen LogP contribution in [0.3, 0.4) is 0 Å². The Morgan fingerprint density at radius 1 is 1.04 bits per heavy atom. The van der Waals surface area contributed by atoms with Crippen LogP contribution in [0, 0.1) is 22.7 Å². The van der Waals surface area contributed by atoms with E-state index in [1.54, 1.807) is 0 Å². The van der Waals surface area contributed by atoms with Gasteiger partial charge >= 0.3 is 0 Å². The molecule has 0 N–H and O–H groups in total. The minimum Gasteiger partial charge on any atom is -0.197 e. The molecule has 0 radical (unpaired) electrons. The summed E-state index contributed by atoms with van der Waals surface area (Å²) < 4.78 is 0. The number of benzene rings is 2. The van der Waals surface area contributed by atoms with Crippen LogP contribution in [0.1, 0.15) is 42.4 Å². The molecular formula is C21H18N2. The monoisotopic (exact) mass is 298 g/mol. The Hall–Kier alpha value is -2.84. The normalized spacial score (nSPS) is 20.6. The Kier molecular flexibility index (Phi) is 4.00. The highest BCUT2D eigenvalue weighted by Crippen LogP contribution is 2.48. The van der Waals surface area contributed by atoms with Crippen molar-refractivity contribution in [3.05, 3.63) is 77.4 Å². The number of hydrogen-bond acceptors (Lipinski definition) is 2. The van der Waals surface area contributed by atoms with E-state index in [4.69, 9.17) is 0 Å². The predicted molar refractivity (Wildman–Crippen MR) is 91.4 cm³/mol. The van der Waals surface area contributed by atoms with Crippen molar-refractivity contribution in [1.29, 1.82) is 10.5 Å². The van der Waals surface area contributed by atoms with Crippen molar-refractivity contribution in [3.63, 3.8) is 0 Å². The van der Waals surface area contributed by atoms with E-state index >= 15 is 0 Å². The van der Waals surface area contributed by atoms with Crippen LogP contribution in [-0.4, -0.2) is 0 Å². The lowest BCUT2D eigenvalue weighted by atomic mass is 9.62. The zero-order valence-corrected chi connectivity index (χ0v) is 13.2. The molecule has 1 aliphatic rings. The van der Waals surface area contributed by atoms with Gasteiger partial charge in [0.1, 0.15) is 0 Å². The maximum Gasteiger partial charge on any atom is 0.0994 e. The molecule has 112 valence electrons. The molecule has 3 rings (SSSR count). The van der Waals surface area contributed by atoms with E-state index in [1.807, 2.05) is 48.5 Å². The molecule has 0 aromatic heterocycles. The number of nitrogens with zero attached hydrogens (tertiary/aromatic N) is 2. The summed E-state index contributed by atoms with van der Waals surface area (Å²) in [5.41, 5.74) is 3.12. The van der Waals surface area contributed by atoms with E-state index < -0.39 is 5.41 Å². The number of nitriles is 2. The summed E-state index contributed by atoms with van der Waals surface area (Å²) in [5, 5.41) is 19.5. The van der Waals surface area contributed by atoms with Gasteiger partial charge in [0.2, 0.25) is 0 Å². The summed E-state index contributed by atoms with van der Waals surface area (Å²) >= 11 is 0. The average Bonchev–Trinajstić information content (AvgIpc) is 2.63. The molecule has 2 heteroatoms. The zero-order valence-electron chi connectivity index (χ0n) is 13.2. The number of hydrogen-bond donors (Lipinski definition) is 0. The van der Waals surface area contributed by atoms with Crippen LogP contribution in [0.25, 0.3) is 5.57 Å². The van der Waals surface area contributed by atoms with E-state index in [-0.39, 0.29) is 5.92 Å². The van der Waals surface area contributed by atoms with Crippen LogP contribution in [0.15, 0.2) is 60.7 Å². The summed E-state index contributed by atoms with van der Waals surface area (Å²) in [6, 6.07) is 23.0. The predicted octanol–water partition coefficient (Wildman–Crippen LogP) is 4.95. The van der Waals surface area contributed by atoms with E-state index in [9.17, 15) is 10.5 Å². The second-order valence-electron chi connectivity index (χ2n) is 5.93. The molecule has 0 aliphatic heterocycles. The fraction of sp³-hybridized carbons (Fsp3) is 0.238. The Balaban J connectivity index is 2.22. The van der Waals surface area contributed by atoms with E-state index in [0.717, 1.165) is 17.5 Å². The van der Waals surface area contributed by atoms with Crippen molar-refractivity contribution < 1.29 is 0 Å². The quantitative estimate of drug-likeness (QED) is 0.804. The lowest BCUT2D eigenvalue weighted by Crippen LogP contribution is -2.34. The Morgan fingerprint density at radius 2 is 1.74 bits per heavy atom. The van der Waals surface area contributed by atoms with Gasteiger partial charge in [-0.05, 0) is 29.5 Å². The molecule has 2 nitrogen and oxygen atoms in total. The molecule has 2 atom stereocenters. The first-order chi connectivity index (χ1) is 11.3. The van der Waals surface area contributed by atoms with Crippen LogP contribution in [-0.2, 0) is 5.41 Å². The Morgan fingerprint density at radius 3 is 2.39 bits per heavy atom. The smallest absolute Gasteiger partial charge is 0.0994 e. The van der Waals surface area contributed by atoms with E-state index in [1.165, 1.54) is 5.56 Å². The van der Waals surface area contributed by atoms with Crippen molar-refractivity contribution >= 4 is 5.57 Å². The number of rotatable bonds is 3. The molecule has 0 saturated heterocycles. The van der Waals surface area contributed by atoms with Gasteiger partial charge in [-0.25, -0.2) is 0 Å². The third-order valence-electron chi connectivity index (χ3n) is 4.85. The van der Waals surface area contributed by atoms with Crippen molar-refractivity contribution in [2.45, 2.75) is 31.1 Å². The van der Waals surface area contributed by atoms with Crippen LogP contribution in [0.4, 0.5) is 0 Å². The van der Waals surface area contributed by atoms with Crippen LogP contribution in [0.2, 0.25) is 0 Å². The van der Waals surface area contributed by atoms with Gasteiger partial charge in [0.05, 0.1) is 23.1 Å². The molecule has 23 heavy (non-hydrogen) atoms. The highest BCUT2D eigenvalue weighted by Gasteiger charge is 2.43. The summed E-state index contributed by atoms with van der Waals surface area (Å²) in [4.78, 5) is 0. The topological polar surface area (TPSA) is 47.6 Å². The van der Waals surface area contributed by atoms with Crippen molar-refractivity contribution in [3.8, 4) is 12.1 Å². The molecule has 0 heterocycles. The Labute approximate surface area is 137 Å². The molecule has 0 spiro atoms. The largest absolute Gasteiger partial charge is 0.197 e. The third-order valence-corrected chi connectivity index (χ3v) is 4.85. The van der Waals surface area contributed by atoms with Gasteiger partial charge in [-0.2, -0.15) is 10.5 Å². The molecule has 2 aromatic rings.